The van der Waals surface area contributed by atoms with Crippen LogP contribution >= 0.6 is 27.3 Å². The molecule has 0 saturated heterocycles. The molecule has 0 unspecified atom stereocenters. The van der Waals surface area contributed by atoms with Crippen molar-refractivity contribution in [1.82, 2.24) is 5.32 Å². The number of nitrogens with one attached hydrogen (secondary N) is 1. The zero-order valence-electron chi connectivity index (χ0n) is 11.0. The van der Waals surface area contributed by atoms with Gasteiger partial charge in [0.05, 0.1) is 11.7 Å². The molecule has 0 radical (unpaired) electrons. The number of benzene rings is 1. The van der Waals surface area contributed by atoms with E-state index in [0.29, 0.717) is 12.0 Å². The number of halogens is 1. The molecule has 0 fully saturated rings. The van der Waals surface area contributed by atoms with Crippen molar-refractivity contribution in [3.8, 4) is 0 Å². The number of hydrogen-bond acceptors (Lipinski definition) is 3. The van der Waals surface area contributed by atoms with E-state index in [0.717, 1.165) is 9.35 Å². The molecule has 1 amide bonds. The number of aliphatic hydroxyl groups excluding tert-OH is 1. The van der Waals surface area contributed by atoms with Gasteiger partial charge in [0.15, 0.2) is 0 Å². The fraction of sp³-hybridized carbons (Fsp3) is 0.267. The van der Waals surface area contributed by atoms with Crippen LogP contribution in [-0.4, -0.2) is 17.1 Å². The van der Waals surface area contributed by atoms with Crippen LogP contribution in [0.1, 0.15) is 34.7 Å². The molecule has 5 heteroatoms. The van der Waals surface area contributed by atoms with E-state index in [4.69, 9.17) is 0 Å². The van der Waals surface area contributed by atoms with Gasteiger partial charge in [0.2, 0.25) is 0 Å². The number of amides is 1. The molecule has 2 rings (SSSR count). The minimum Gasteiger partial charge on any atom is -0.387 e. The summed E-state index contributed by atoms with van der Waals surface area (Å²) >= 11 is 4.88. The quantitative estimate of drug-likeness (QED) is 0.859. The van der Waals surface area contributed by atoms with Crippen molar-refractivity contribution in [3.05, 3.63) is 56.7 Å². The average molecular weight is 354 g/mol. The Bertz CT molecular complexity index is 571. The highest BCUT2D eigenvalue weighted by molar-refractivity contribution is 9.10. The Hall–Kier alpha value is -1.17. The smallest absolute Gasteiger partial charge is 0.252 e. The molecule has 0 spiro atoms. The fourth-order valence-electron chi connectivity index (χ4n) is 1.94. The van der Waals surface area contributed by atoms with E-state index in [9.17, 15) is 9.90 Å². The third-order valence-corrected chi connectivity index (χ3v) is 4.61. The molecule has 0 saturated carbocycles. The SMILES string of the molecule is C[C@@H](C[C@@H](O)c1cccs1)NC(=O)c1ccccc1Br. The summed E-state index contributed by atoms with van der Waals surface area (Å²) in [6.45, 7) is 1.89. The molecule has 2 N–H and O–H groups in total. The zero-order chi connectivity index (χ0) is 14.5. The maximum atomic E-state index is 12.1. The first-order valence-corrected chi connectivity index (χ1v) is 8.02. The standard InChI is InChI=1S/C15H16BrNO2S/c1-10(9-13(18)14-7-4-8-20-14)17-15(19)11-5-2-3-6-12(11)16/h2-8,10,13,18H,9H2,1H3,(H,17,19)/t10-,13+/m0/s1. The maximum Gasteiger partial charge on any atom is 0.252 e. The van der Waals surface area contributed by atoms with Crippen LogP contribution in [0.4, 0.5) is 0 Å². The van der Waals surface area contributed by atoms with Crippen LogP contribution in [0.3, 0.4) is 0 Å². The summed E-state index contributed by atoms with van der Waals surface area (Å²) in [5.74, 6) is -0.136. The van der Waals surface area contributed by atoms with Gasteiger partial charge in [-0.2, -0.15) is 0 Å². The van der Waals surface area contributed by atoms with E-state index in [2.05, 4.69) is 21.2 Å². The van der Waals surface area contributed by atoms with Crippen molar-refractivity contribution in [2.75, 3.05) is 0 Å². The van der Waals surface area contributed by atoms with E-state index in [1.54, 1.807) is 6.07 Å². The molecule has 2 atom stereocenters. The van der Waals surface area contributed by atoms with Crippen LogP contribution in [0.25, 0.3) is 0 Å². The second-order valence-electron chi connectivity index (χ2n) is 4.62. The second kappa shape index (κ2) is 7.02. The molecule has 1 aromatic carbocycles. The molecule has 0 aliphatic carbocycles. The summed E-state index contributed by atoms with van der Waals surface area (Å²) in [6.07, 6.45) is -0.0408. The summed E-state index contributed by atoms with van der Waals surface area (Å²) in [7, 11) is 0. The molecule has 3 nitrogen and oxygen atoms in total. The molecule has 2 aromatic rings. The van der Waals surface area contributed by atoms with E-state index in [1.807, 2.05) is 42.6 Å². The highest BCUT2D eigenvalue weighted by Crippen LogP contribution is 2.23. The number of aliphatic hydroxyl groups is 1. The van der Waals surface area contributed by atoms with Crippen LogP contribution in [0.2, 0.25) is 0 Å². The third-order valence-electron chi connectivity index (χ3n) is 2.94. The van der Waals surface area contributed by atoms with Crippen LogP contribution in [0.5, 0.6) is 0 Å². The van der Waals surface area contributed by atoms with Gasteiger partial charge in [-0.1, -0.05) is 18.2 Å². The Labute approximate surface area is 130 Å². The predicted octanol–water partition coefficient (Wildman–Crippen LogP) is 3.75. The van der Waals surface area contributed by atoms with Crippen molar-refractivity contribution >= 4 is 33.2 Å². The van der Waals surface area contributed by atoms with Crippen molar-refractivity contribution in [2.24, 2.45) is 0 Å². The van der Waals surface area contributed by atoms with Gasteiger partial charge in [-0.05, 0) is 52.9 Å². The van der Waals surface area contributed by atoms with E-state index < -0.39 is 6.10 Å². The summed E-state index contributed by atoms with van der Waals surface area (Å²) < 4.78 is 0.767. The van der Waals surface area contributed by atoms with Crippen molar-refractivity contribution in [3.63, 3.8) is 0 Å². The van der Waals surface area contributed by atoms with Gasteiger partial charge in [-0.3, -0.25) is 4.79 Å². The number of hydrogen-bond donors (Lipinski definition) is 2. The second-order valence-corrected chi connectivity index (χ2v) is 6.45. The lowest BCUT2D eigenvalue weighted by atomic mass is 10.1. The third kappa shape index (κ3) is 3.91. The van der Waals surface area contributed by atoms with Crippen molar-refractivity contribution in [1.29, 1.82) is 0 Å². The lowest BCUT2D eigenvalue weighted by Gasteiger charge is -2.17. The first-order valence-electron chi connectivity index (χ1n) is 6.35. The predicted molar refractivity (Wildman–Crippen MR) is 85.0 cm³/mol. The highest BCUT2D eigenvalue weighted by atomic mass is 79.9. The van der Waals surface area contributed by atoms with Crippen LogP contribution < -0.4 is 5.32 Å². The molecular formula is C15H16BrNO2S. The number of rotatable bonds is 5. The summed E-state index contributed by atoms with van der Waals surface area (Å²) in [5.41, 5.74) is 0.602. The largest absolute Gasteiger partial charge is 0.387 e. The minimum atomic E-state index is -0.537. The van der Waals surface area contributed by atoms with Crippen LogP contribution in [0.15, 0.2) is 46.3 Å². The average Bonchev–Trinajstić information content (AvgIpc) is 2.92. The highest BCUT2D eigenvalue weighted by Gasteiger charge is 2.16. The minimum absolute atomic E-state index is 0.105. The summed E-state index contributed by atoms with van der Waals surface area (Å²) in [4.78, 5) is 13.0. The Morgan fingerprint density at radius 2 is 2.10 bits per heavy atom. The summed E-state index contributed by atoms with van der Waals surface area (Å²) in [6, 6.07) is 11.0. The monoisotopic (exact) mass is 353 g/mol. The van der Waals surface area contributed by atoms with Gasteiger partial charge in [0.25, 0.3) is 5.91 Å². The lowest BCUT2D eigenvalue weighted by molar-refractivity contribution is 0.0917. The Kier molecular flexibility index (Phi) is 5.34. The first kappa shape index (κ1) is 15.2. The lowest BCUT2D eigenvalue weighted by Crippen LogP contribution is -2.33. The molecule has 0 aliphatic heterocycles. The molecule has 1 aromatic heterocycles. The van der Waals surface area contributed by atoms with Gasteiger partial charge in [-0.15, -0.1) is 11.3 Å². The number of carbonyl (C=O) groups is 1. The van der Waals surface area contributed by atoms with Crippen molar-refractivity contribution < 1.29 is 9.90 Å². The van der Waals surface area contributed by atoms with Gasteiger partial charge >= 0.3 is 0 Å². The van der Waals surface area contributed by atoms with Crippen molar-refractivity contribution in [2.45, 2.75) is 25.5 Å². The van der Waals surface area contributed by atoms with Crippen LogP contribution in [-0.2, 0) is 0 Å². The Morgan fingerprint density at radius 3 is 2.75 bits per heavy atom. The molecule has 0 bridgehead atoms. The molecule has 106 valence electrons. The molecule has 20 heavy (non-hydrogen) atoms. The number of thiophene rings is 1. The molecule has 0 aliphatic rings. The topological polar surface area (TPSA) is 49.3 Å². The van der Waals surface area contributed by atoms with Crippen LogP contribution in [0, 0.1) is 0 Å². The van der Waals surface area contributed by atoms with E-state index in [1.165, 1.54) is 11.3 Å². The Balaban J connectivity index is 1.93. The number of carbonyl (C=O) groups excluding carboxylic acids is 1. The maximum absolute atomic E-state index is 12.1. The van der Waals surface area contributed by atoms with Gasteiger partial charge in [0, 0.05) is 15.4 Å². The normalized spacial score (nSPS) is 13.8. The van der Waals surface area contributed by atoms with E-state index in [-0.39, 0.29) is 11.9 Å². The first-order chi connectivity index (χ1) is 9.58. The van der Waals surface area contributed by atoms with Gasteiger partial charge in [-0.25, -0.2) is 0 Å². The zero-order valence-corrected chi connectivity index (χ0v) is 13.4. The van der Waals surface area contributed by atoms with Gasteiger partial charge < -0.3 is 10.4 Å². The molecule has 1 heterocycles. The Morgan fingerprint density at radius 1 is 1.35 bits per heavy atom. The molecular weight excluding hydrogens is 338 g/mol. The fourth-order valence-corrected chi connectivity index (χ4v) is 3.13. The van der Waals surface area contributed by atoms with Gasteiger partial charge in [0.1, 0.15) is 0 Å². The van der Waals surface area contributed by atoms with E-state index >= 15 is 0 Å². The summed E-state index contributed by atoms with van der Waals surface area (Å²) in [5, 5.41) is 14.9.